The van der Waals surface area contributed by atoms with Gasteiger partial charge >= 0.3 is 0 Å². The van der Waals surface area contributed by atoms with Gasteiger partial charge in [-0.25, -0.2) is 0 Å². The predicted octanol–water partition coefficient (Wildman–Crippen LogP) is 3.37. The first-order chi connectivity index (χ1) is 7.77. The third-order valence-corrected chi connectivity index (χ3v) is 4.22. The highest BCUT2D eigenvalue weighted by atomic mass is 35.5. The fourth-order valence-corrected chi connectivity index (χ4v) is 3.23. The van der Waals surface area contributed by atoms with E-state index >= 15 is 0 Å². The first kappa shape index (κ1) is 10.3. The summed E-state index contributed by atoms with van der Waals surface area (Å²) in [7, 11) is 0. The van der Waals surface area contributed by atoms with Crippen molar-refractivity contribution in [2.75, 3.05) is 23.3 Å². The van der Waals surface area contributed by atoms with Crippen molar-refractivity contribution in [1.82, 2.24) is 0 Å². The van der Waals surface area contributed by atoms with Gasteiger partial charge in [0.05, 0.1) is 16.4 Å². The molecule has 3 rings (SSSR count). The van der Waals surface area contributed by atoms with Gasteiger partial charge in [0.25, 0.3) is 0 Å². The second kappa shape index (κ2) is 3.85. The van der Waals surface area contributed by atoms with E-state index in [0.29, 0.717) is 6.04 Å². The van der Waals surface area contributed by atoms with Crippen LogP contribution in [0.15, 0.2) is 18.2 Å². The summed E-state index contributed by atoms with van der Waals surface area (Å²) in [6.07, 6.45) is 2.64. The average molecular weight is 237 g/mol. The molecule has 2 aliphatic rings. The minimum Gasteiger partial charge on any atom is -0.380 e. The minimum atomic E-state index is 0.639. The van der Waals surface area contributed by atoms with Crippen LogP contribution in [0.25, 0.3) is 0 Å². The molecule has 2 nitrogen and oxygen atoms in total. The third-order valence-electron chi connectivity index (χ3n) is 3.90. The monoisotopic (exact) mass is 236 g/mol. The number of hydrogen-bond acceptors (Lipinski definition) is 2. The molecule has 1 N–H and O–H groups in total. The highest BCUT2D eigenvalue weighted by Gasteiger charge is 2.33. The Kier molecular flexibility index (Phi) is 2.47. The Morgan fingerprint density at radius 3 is 3.19 bits per heavy atom. The van der Waals surface area contributed by atoms with Crippen molar-refractivity contribution in [3.8, 4) is 0 Å². The lowest BCUT2D eigenvalue weighted by Crippen LogP contribution is -2.51. The largest absolute Gasteiger partial charge is 0.380 e. The molecule has 2 aliphatic heterocycles. The van der Waals surface area contributed by atoms with E-state index in [1.54, 1.807) is 0 Å². The summed E-state index contributed by atoms with van der Waals surface area (Å²) in [4.78, 5) is 2.53. The van der Waals surface area contributed by atoms with Crippen LogP contribution in [0.4, 0.5) is 11.4 Å². The maximum Gasteiger partial charge on any atom is 0.0768 e. The van der Waals surface area contributed by atoms with Crippen LogP contribution < -0.4 is 10.2 Å². The average Bonchev–Trinajstić information content (AvgIpc) is 2.30. The highest BCUT2D eigenvalue weighted by molar-refractivity contribution is 6.34. The van der Waals surface area contributed by atoms with E-state index in [1.165, 1.54) is 25.1 Å². The molecule has 1 aromatic carbocycles. The smallest absolute Gasteiger partial charge is 0.0768 e. The molecule has 1 saturated heterocycles. The lowest BCUT2D eigenvalue weighted by atomic mass is 9.88. The molecule has 1 fully saturated rings. The van der Waals surface area contributed by atoms with Gasteiger partial charge in [0.15, 0.2) is 0 Å². The summed E-state index contributed by atoms with van der Waals surface area (Å²) >= 11 is 6.22. The summed E-state index contributed by atoms with van der Waals surface area (Å²) in [5.41, 5.74) is 2.41. The standard InChI is InChI=1S/C13H17ClN2/c1-9-4-3-7-16-11-6-2-5-10(14)13(11)15-8-12(9)16/h2,5-6,9,12,15H,3-4,7-8H2,1H3. The van der Waals surface area contributed by atoms with Crippen molar-refractivity contribution in [1.29, 1.82) is 0 Å². The Labute approximate surface area is 102 Å². The molecule has 0 bridgehead atoms. The molecule has 2 unspecified atom stereocenters. The zero-order valence-electron chi connectivity index (χ0n) is 9.54. The minimum absolute atomic E-state index is 0.639. The molecule has 3 heteroatoms. The van der Waals surface area contributed by atoms with Crippen molar-refractivity contribution in [3.05, 3.63) is 23.2 Å². The molecule has 0 saturated carbocycles. The van der Waals surface area contributed by atoms with Gasteiger partial charge in [-0.2, -0.15) is 0 Å². The van der Waals surface area contributed by atoms with Crippen molar-refractivity contribution in [3.63, 3.8) is 0 Å². The Morgan fingerprint density at radius 1 is 1.44 bits per heavy atom. The third kappa shape index (κ3) is 1.47. The molecule has 1 aromatic rings. The topological polar surface area (TPSA) is 15.3 Å². The van der Waals surface area contributed by atoms with E-state index in [4.69, 9.17) is 11.6 Å². The molecule has 16 heavy (non-hydrogen) atoms. The van der Waals surface area contributed by atoms with Crippen LogP contribution in [0.1, 0.15) is 19.8 Å². The Morgan fingerprint density at radius 2 is 2.31 bits per heavy atom. The number of halogens is 1. The second-order valence-electron chi connectivity index (χ2n) is 4.90. The molecule has 86 valence electrons. The van der Waals surface area contributed by atoms with Crippen LogP contribution >= 0.6 is 11.6 Å². The zero-order valence-corrected chi connectivity index (χ0v) is 10.3. The van der Waals surface area contributed by atoms with Gasteiger partial charge in [0.1, 0.15) is 0 Å². The molecule has 0 aliphatic carbocycles. The molecular formula is C13H17ClN2. The number of rotatable bonds is 0. The first-order valence-electron chi connectivity index (χ1n) is 6.06. The fourth-order valence-electron chi connectivity index (χ4n) is 2.99. The lowest BCUT2D eigenvalue weighted by molar-refractivity contribution is 0.351. The van der Waals surface area contributed by atoms with Crippen LogP contribution in [0, 0.1) is 5.92 Å². The van der Waals surface area contributed by atoms with Gasteiger partial charge in [0.2, 0.25) is 0 Å². The molecule has 2 heterocycles. The normalized spacial score (nSPS) is 28.0. The van der Waals surface area contributed by atoms with Crippen LogP contribution in [-0.2, 0) is 0 Å². The molecule has 2 atom stereocenters. The van der Waals surface area contributed by atoms with Gasteiger partial charge in [-0.3, -0.25) is 0 Å². The number of anilines is 2. The van der Waals surface area contributed by atoms with E-state index in [0.717, 1.165) is 23.2 Å². The fraction of sp³-hybridized carbons (Fsp3) is 0.538. The van der Waals surface area contributed by atoms with E-state index in [9.17, 15) is 0 Å². The van der Waals surface area contributed by atoms with Gasteiger partial charge < -0.3 is 10.2 Å². The summed E-state index contributed by atoms with van der Waals surface area (Å²) in [5, 5.41) is 4.33. The Balaban J connectivity index is 2.02. The summed E-state index contributed by atoms with van der Waals surface area (Å²) < 4.78 is 0. The number of nitrogens with one attached hydrogen (secondary N) is 1. The maximum absolute atomic E-state index is 6.22. The first-order valence-corrected chi connectivity index (χ1v) is 6.44. The molecular weight excluding hydrogens is 220 g/mol. The van der Waals surface area contributed by atoms with Gasteiger partial charge in [-0.15, -0.1) is 0 Å². The molecule has 0 radical (unpaired) electrons. The van der Waals surface area contributed by atoms with E-state index in [2.05, 4.69) is 23.2 Å². The van der Waals surface area contributed by atoms with Crippen LogP contribution in [0.2, 0.25) is 5.02 Å². The zero-order chi connectivity index (χ0) is 11.1. The number of fused-ring (bicyclic) bond motifs is 3. The highest BCUT2D eigenvalue weighted by Crippen LogP contribution is 2.40. The molecule has 0 aromatic heterocycles. The number of benzene rings is 1. The predicted molar refractivity (Wildman–Crippen MR) is 69.5 cm³/mol. The van der Waals surface area contributed by atoms with Crippen LogP contribution in [-0.4, -0.2) is 19.1 Å². The van der Waals surface area contributed by atoms with Crippen molar-refractivity contribution in [2.45, 2.75) is 25.8 Å². The van der Waals surface area contributed by atoms with E-state index < -0.39 is 0 Å². The maximum atomic E-state index is 6.22. The summed E-state index contributed by atoms with van der Waals surface area (Å²) in [6.45, 7) is 4.55. The van der Waals surface area contributed by atoms with Gasteiger partial charge in [-0.05, 0) is 30.9 Å². The van der Waals surface area contributed by atoms with Gasteiger partial charge in [-0.1, -0.05) is 24.6 Å². The second-order valence-corrected chi connectivity index (χ2v) is 5.30. The number of piperidine rings is 1. The van der Waals surface area contributed by atoms with Gasteiger partial charge in [0, 0.05) is 19.1 Å². The van der Waals surface area contributed by atoms with Crippen molar-refractivity contribution >= 4 is 23.0 Å². The number of hydrogen-bond donors (Lipinski definition) is 1. The Hall–Kier alpha value is -0.890. The SMILES string of the molecule is CC1CCCN2c3cccc(Cl)c3NCC12. The summed E-state index contributed by atoms with van der Waals surface area (Å²) in [5.74, 6) is 0.772. The lowest BCUT2D eigenvalue weighted by Gasteiger charge is -2.46. The molecule has 0 spiro atoms. The van der Waals surface area contributed by atoms with Crippen molar-refractivity contribution < 1.29 is 0 Å². The number of nitrogens with zero attached hydrogens (tertiary/aromatic N) is 1. The van der Waals surface area contributed by atoms with Crippen LogP contribution in [0.5, 0.6) is 0 Å². The quantitative estimate of drug-likeness (QED) is 0.743. The van der Waals surface area contributed by atoms with E-state index in [-0.39, 0.29) is 0 Å². The van der Waals surface area contributed by atoms with E-state index in [1.807, 2.05) is 12.1 Å². The Bertz CT molecular complexity index is 405. The summed E-state index contributed by atoms with van der Waals surface area (Å²) in [6, 6.07) is 6.82. The molecule has 0 amide bonds. The van der Waals surface area contributed by atoms with Crippen LogP contribution in [0.3, 0.4) is 0 Å². The van der Waals surface area contributed by atoms with Crippen molar-refractivity contribution in [2.24, 2.45) is 5.92 Å². The number of para-hydroxylation sites is 1.